The van der Waals surface area contributed by atoms with Crippen LogP contribution in [-0.2, 0) is 4.79 Å². The van der Waals surface area contributed by atoms with E-state index in [0.29, 0.717) is 37.1 Å². The Morgan fingerprint density at radius 3 is 2.17 bits per heavy atom. The summed E-state index contributed by atoms with van der Waals surface area (Å²) in [5.41, 5.74) is 6.62. The van der Waals surface area contributed by atoms with E-state index in [0.717, 1.165) is 0 Å². The third kappa shape index (κ3) is 4.33. The van der Waals surface area contributed by atoms with E-state index in [1.807, 2.05) is 0 Å². The van der Waals surface area contributed by atoms with Gasteiger partial charge in [-0.05, 0) is 31.9 Å². The maximum atomic E-state index is 12.2. The van der Waals surface area contributed by atoms with Gasteiger partial charge in [0.25, 0.3) is 11.8 Å². The number of nitrogens with zero attached hydrogens (tertiary/aromatic N) is 1. The molecule has 0 saturated carbocycles. The summed E-state index contributed by atoms with van der Waals surface area (Å²) in [5.74, 6) is -0.771. The number of nitrogens with two attached hydrogens (primary N) is 1. The lowest BCUT2D eigenvalue weighted by atomic mass is 10.0. The van der Waals surface area contributed by atoms with Crippen molar-refractivity contribution in [3.63, 3.8) is 0 Å². The van der Waals surface area contributed by atoms with Gasteiger partial charge in [0.2, 0.25) is 5.91 Å². The van der Waals surface area contributed by atoms with Crippen LogP contribution >= 0.6 is 12.4 Å². The van der Waals surface area contributed by atoms with E-state index in [1.165, 1.54) is 4.90 Å². The monoisotopic (exact) mass is 353 g/mol. The molecule has 1 heterocycles. The van der Waals surface area contributed by atoms with Crippen LogP contribution in [0.15, 0.2) is 24.3 Å². The molecular weight excluding hydrogens is 330 g/mol. The summed E-state index contributed by atoms with van der Waals surface area (Å²) in [4.78, 5) is 37.4. The van der Waals surface area contributed by atoms with Crippen LogP contribution in [0.3, 0.4) is 0 Å². The van der Waals surface area contributed by atoms with Crippen LogP contribution in [0.1, 0.15) is 47.4 Å². The summed E-state index contributed by atoms with van der Waals surface area (Å²) in [5, 5.41) is 2.82. The molecule has 132 valence electrons. The average Bonchev–Trinajstić information content (AvgIpc) is 2.78. The van der Waals surface area contributed by atoms with Gasteiger partial charge < -0.3 is 11.1 Å². The first-order valence-corrected chi connectivity index (χ1v) is 7.92. The van der Waals surface area contributed by atoms with Crippen LogP contribution in [-0.4, -0.2) is 41.8 Å². The average molecular weight is 354 g/mol. The highest BCUT2D eigenvalue weighted by Crippen LogP contribution is 2.22. The van der Waals surface area contributed by atoms with E-state index < -0.39 is 0 Å². The number of carbonyl (C=O) groups is 3. The van der Waals surface area contributed by atoms with Gasteiger partial charge in [-0.3, -0.25) is 19.3 Å². The van der Waals surface area contributed by atoms with Gasteiger partial charge in [0, 0.05) is 25.0 Å². The smallest absolute Gasteiger partial charge is 0.261 e. The predicted octanol–water partition coefficient (Wildman–Crippen LogP) is 1.58. The standard InChI is InChI=1S/C17H23N3O3.ClH/c1-11(12(2)18)15(21)19-9-5-6-10-20-16(22)13-7-3-4-8-14(13)17(20)23;/h3-4,7-8,11-12H,5-6,9-10,18H2,1-2H3,(H,19,21);1H. The van der Waals surface area contributed by atoms with Crippen molar-refractivity contribution in [1.82, 2.24) is 10.2 Å². The van der Waals surface area contributed by atoms with Gasteiger partial charge >= 0.3 is 0 Å². The van der Waals surface area contributed by atoms with Gasteiger partial charge in [-0.2, -0.15) is 0 Å². The highest BCUT2D eigenvalue weighted by molar-refractivity contribution is 6.21. The Morgan fingerprint density at radius 2 is 1.67 bits per heavy atom. The minimum atomic E-state index is -0.236. The van der Waals surface area contributed by atoms with Crippen LogP contribution in [0.4, 0.5) is 0 Å². The molecular formula is C17H24ClN3O3. The number of hydrogen-bond acceptors (Lipinski definition) is 4. The zero-order valence-electron chi connectivity index (χ0n) is 14.0. The van der Waals surface area contributed by atoms with E-state index in [1.54, 1.807) is 38.1 Å². The summed E-state index contributed by atoms with van der Waals surface area (Å²) >= 11 is 0. The number of fused-ring (bicyclic) bond motifs is 1. The minimum absolute atomic E-state index is 0. The Morgan fingerprint density at radius 1 is 1.12 bits per heavy atom. The molecule has 2 atom stereocenters. The molecule has 0 saturated heterocycles. The van der Waals surface area contributed by atoms with Crippen LogP contribution in [0, 0.1) is 5.92 Å². The first-order chi connectivity index (χ1) is 10.9. The maximum Gasteiger partial charge on any atom is 0.261 e. The van der Waals surface area contributed by atoms with Crippen LogP contribution in [0.2, 0.25) is 0 Å². The molecule has 0 aliphatic carbocycles. The molecule has 2 rings (SSSR count). The molecule has 0 spiro atoms. The summed E-state index contributed by atoms with van der Waals surface area (Å²) in [6, 6.07) is 6.66. The van der Waals surface area contributed by atoms with Crippen molar-refractivity contribution < 1.29 is 14.4 Å². The highest BCUT2D eigenvalue weighted by atomic mass is 35.5. The number of halogens is 1. The van der Waals surface area contributed by atoms with Crippen molar-refractivity contribution in [3.05, 3.63) is 35.4 Å². The molecule has 24 heavy (non-hydrogen) atoms. The van der Waals surface area contributed by atoms with Gasteiger partial charge in [-0.15, -0.1) is 12.4 Å². The number of hydrogen-bond donors (Lipinski definition) is 2. The van der Waals surface area contributed by atoms with E-state index in [2.05, 4.69) is 5.32 Å². The van der Waals surface area contributed by atoms with Gasteiger partial charge in [0.1, 0.15) is 0 Å². The fourth-order valence-electron chi connectivity index (χ4n) is 2.45. The van der Waals surface area contributed by atoms with E-state index in [9.17, 15) is 14.4 Å². The number of rotatable bonds is 7. The molecule has 7 heteroatoms. The molecule has 6 nitrogen and oxygen atoms in total. The largest absolute Gasteiger partial charge is 0.356 e. The number of benzene rings is 1. The number of amides is 3. The van der Waals surface area contributed by atoms with Gasteiger partial charge in [0.05, 0.1) is 11.1 Å². The summed E-state index contributed by atoms with van der Waals surface area (Å²) in [7, 11) is 0. The Labute approximate surface area is 148 Å². The quantitative estimate of drug-likeness (QED) is 0.575. The Bertz CT molecular complexity index is 584. The van der Waals surface area contributed by atoms with Gasteiger partial charge in [-0.1, -0.05) is 19.1 Å². The lowest BCUT2D eigenvalue weighted by Crippen LogP contribution is -2.39. The Hall–Kier alpha value is -1.92. The van der Waals surface area contributed by atoms with Crippen molar-refractivity contribution in [2.24, 2.45) is 11.7 Å². The van der Waals surface area contributed by atoms with Crippen molar-refractivity contribution in [1.29, 1.82) is 0 Å². The highest BCUT2D eigenvalue weighted by Gasteiger charge is 2.34. The zero-order valence-corrected chi connectivity index (χ0v) is 14.8. The fourth-order valence-corrected chi connectivity index (χ4v) is 2.45. The second kappa shape index (κ2) is 8.80. The summed E-state index contributed by atoms with van der Waals surface area (Å²) < 4.78 is 0. The third-order valence-corrected chi connectivity index (χ3v) is 4.19. The van der Waals surface area contributed by atoms with Crippen molar-refractivity contribution in [2.75, 3.05) is 13.1 Å². The molecule has 0 radical (unpaired) electrons. The molecule has 3 N–H and O–H groups in total. The molecule has 1 aromatic carbocycles. The second-order valence-electron chi connectivity index (χ2n) is 5.95. The van der Waals surface area contributed by atoms with Gasteiger partial charge in [0.15, 0.2) is 0 Å². The topological polar surface area (TPSA) is 92.5 Å². The summed E-state index contributed by atoms with van der Waals surface area (Å²) in [6.07, 6.45) is 1.35. The van der Waals surface area contributed by atoms with Crippen LogP contribution in [0.25, 0.3) is 0 Å². The first-order valence-electron chi connectivity index (χ1n) is 7.92. The number of unbranched alkanes of at least 4 members (excludes halogenated alkanes) is 1. The maximum absolute atomic E-state index is 12.2. The molecule has 1 aromatic rings. The van der Waals surface area contributed by atoms with Crippen molar-refractivity contribution >= 4 is 30.1 Å². The Balaban J connectivity index is 0.00000288. The second-order valence-corrected chi connectivity index (χ2v) is 5.95. The van der Waals surface area contributed by atoms with E-state index >= 15 is 0 Å². The number of nitrogens with one attached hydrogen (secondary N) is 1. The summed E-state index contributed by atoms with van der Waals surface area (Å²) in [6.45, 7) is 4.47. The molecule has 2 unspecified atom stereocenters. The van der Waals surface area contributed by atoms with Gasteiger partial charge in [-0.25, -0.2) is 0 Å². The lowest BCUT2D eigenvalue weighted by molar-refractivity contribution is -0.124. The molecule has 3 amide bonds. The third-order valence-electron chi connectivity index (χ3n) is 4.19. The number of carbonyl (C=O) groups excluding carboxylic acids is 3. The lowest BCUT2D eigenvalue weighted by Gasteiger charge is -2.16. The molecule has 1 aliphatic heterocycles. The molecule has 1 aliphatic rings. The van der Waals surface area contributed by atoms with Crippen LogP contribution < -0.4 is 11.1 Å². The van der Waals surface area contributed by atoms with E-state index in [4.69, 9.17) is 5.73 Å². The number of imide groups is 1. The Kier molecular flexibility index (Phi) is 7.38. The van der Waals surface area contributed by atoms with Crippen molar-refractivity contribution in [2.45, 2.75) is 32.7 Å². The molecule has 0 bridgehead atoms. The fraction of sp³-hybridized carbons (Fsp3) is 0.471. The predicted molar refractivity (Wildman–Crippen MR) is 94.1 cm³/mol. The molecule has 0 fully saturated rings. The normalized spacial score (nSPS) is 15.5. The van der Waals surface area contributed by atoms with E-state index in [-0.39, 0.29) is 42.1 Å². The molecule has 0 aromatic heterocycles. The SMILES string of the molecule is CC(N)C(C)C(=O)NCCCCN1C(=O)c2ccccc2C1=O.Cl. The zero-order chi connectivity index (χ0) is 17.0. The van der Waals surface area contributed by atoms with Crippen LogP contribution in [0.5, 0.6) is 0 Å². The van der Waals surface area contributed by atoms with Crippen molar-refractivity contribution in [3.8, 4) is 0 Å². The minimum Gasteiger partial charge on any atom is -0.356 e. The first kappa shape index (κ1) is 20.1.